The quantitative estimate of drug-likeness (QED) is 0.829. The number of carbonyl (C=O) groups is 1. The van der Waals surface area contributed by atoms with Crippen molar-refractivity contribution in [3.8, 4) is 0 Å². The van der Waals surface area contributed by atoms with E-state index in [4.69, 9.17) is 0 Å². The molecule has 1 amide bonds. The second-order valence-corrected chi connectivity index (χ2v) is 10.1. The molecule has 156 valence electrons. The van der Waals surface area contributed by atoms with Crippen molar-refractivity contribution in [2.75, 3.05) is 36.4 Å². The van der Waals surface area contributed by atoms with E-state index < -0.39 is 15.4 Å². The molecule has 1 N–H and O–H groups in total. The Morgan fingerprint density at radius 2 is 1.72 bits per heavy atom. The van der Waals surface area contributed by atoms with Gasteiger partial charge in [0, 0.05) is 31.6 Å². The molecule has 0 aliphatic carbocycles. The molecule has 3 rings (SSSR count). The molecule has 1 aliphatic rings. The van der Waals surface area contributed by atoms with Crippen molar-refractivity contribution in [2.24, 2.45) is 5.41 Å². The first-order valence-corrected chi connectivity index (χ1v) is 11.2. The highest BCUT2D eigenvalue weighted by atomic mass is 32.2. The standard InChI is InChI=1S/C21H28N4O3S/c1-21(2,3)20(26)23-17-10-11-19(22-16-17)24-12-7-13-25(15-14-24)29(27,28)18-8-5-4-6-9-18/h4-6,8-11,16H,7,12-15H2,1-3H3,(H,23,26). The second-order valence-electron chi connectivity index (χ2n) is 8.17. The van der Waals surface area contributed by atoms with Gasteiger partial charge in [0.25, 0.3) is 0 Å². The number of rotatable bonds is 4. The fourth-order valence-corrected chi connectivity index (χ4v) is 4.56. The maximum atomic E-state index is 12.9. The number of anilines is 2. The van der Waals surface area contributed by atoms with Crippen LogP contribution in [0.15, 0.2) is 53.6 Å². The van der Waals surface area contributed by atoms with E-state index in [0.29, 0.717) is 30.2 Å². The first-order valence-electron chi connectivity index (χ1n) is 9.75. The Bertz CT molecular complexity index is 938. The fourth-order valence-electron chi connectivity index (χ4n) is 3.07. The van der Waals surface area contributed by atoms with E-state index in [1.54, 1.807) is 34.8 Å². The molecule has 1 aromatic carbocycles. The van der Waals surface area contributed by atoms with Crippen LogP contribution in [0.25, 0.3) is 0 Å². The minimum absolute atomic E-state index is 0.0661. The van der Waals surface area contributed by atoms with Crippen LogP contribution in [0.2, 0.25) is 0 Å². The normalized spacial score (nSPS) is 16.3. The van der Waals surface area contributed by atoms with Gasteiger partial charge < -0.3 is 10.2 Å². The Kier molecular flexibility index (Phi) is 6.24. The van der Waals surface area contributed by atoms with Crippen molar-refractivity contribution in [3.63, 3.8) is 0 Å². The summed E-state index contributed by atoms with van der Waals surface area (Å²) in [6.07, 6.45) is 2.36. The topological polar surface area (TPSA) is 82.6 Å². The predicted molar refractivity (Wildman–Crippen MR) is 114 cm³/mol. The molecule has 29 heavy (non-hydrogen) atoms. The lowest BCUT2D eigenvalue weighted by Crippen LogP contribution is -2.35. The van der Waals surface area contributed by atoms with Gasteiger partial charge in [-0.1, -0.05) is 39.0 Å². The zero-order valence-corrected chi connectivity index (χ0v) is 17.9. The van der Waals surface area contributed by atoms with Gasteiger partial charge in [-0.25, -0.2) is 13.4 Å². The first kappa shape index (κ1) is 21.3. The SMILES string of the molecule is CC(C)(C)C(=O)Nc1ccc(N2CCCN(S(=O)(=O)c3ccccc3)CC2)nc1. The van der Waals surface area contributed by atoms with Gasteiger partial charge in [0.05, 0.1) is 16.8 Å². The summed E-state index contributed by atoms with van der Waals surface area (Å²) in [5, 5.41) is 2.86. The summed E-state index contributed by atoms with van der Waals surface area (Å²) < 4.78 is 27.3. The number of pyridine rings is 1. The average Bonchev–Trinajstić information content (AvgIpc) is 2.95. The van der Waals surface area contributed by atoms with Crippen molar-refractivity contribution in [1.29, 1.82) is 0 Å². The second kappa shape index (κ2) is 8.51. The van der Waals surface area contributed by atoms with Gasteiger partial charge in [0.1, 0.15) is 5.82 Å². The largest absolute Gasteiger partial charge is 0.355 e. The average molecular weight is 417 g/mol. The van der Waals surface area contributed by atoms with Crippen LogP contribution in [-0.4, -0.2) is 49.8 Å². The minimum Gasteiger partial charge on any atom is -0.355 e. The number of carbonyl (C=O) groups excluding carboxylic acids is 1. The van der Waals surface area contributed by atoms with Crippen molar-refractivity contribution < 1.29 is 13.2 Å². The van der Waals surface area contributed by atoms with E-state index >= 15 is 0 Å². The van der Waals surface area contributed by atoms with Gasteiger partial charge in [0.2, 0.25) is 15.9 Å². The lowest BCUT2D eigenvalue weighted by molar-refractivity contribution is -0.123. The zero-order valence-electron chi connectivity index (χ0n) is 17.1. The molecule has 2 heterocycles. The van der Waals surface area contributed by atoms with Crippen LogP contribution in [-0.2, 0) is 14.8 Å². The maximum absolute atomic E-state index is 12.9. The van der Waals surface area contributed by atoms with E-state index in [2.05, 4.69) is 15.2 Å². The highest BCUT2D eigenvalue weighted by Crippen LogP contribution is 2.22. The zero-order chi connectivity index (χ0) is 21.1. The smallest absolute Gasteiger partial charge is 0.243 e. The van der Waals surface area contributed by atoms with Crippen LogP contribution >= 0.6 is 0 Å². The fraction of sp³-hybridized carbons (Fsp3) is 0.429. The van der Waals surface area contributed by atoms with Gasteiger partial charge in [-0.05, 0) is 30.7 Å². The van der Waals surface area contributed by atoms with Crippen molar-refractivity contribution in [3.05, 3.63) is 48.7 Å². The summed E-state index contributed by atoms with van der Waals surface area (Å²) in [4.78, 5) is 19.0. The van der Waals surface area contributed by atoms with Crippen LogP contribution in [0, 0.1) is 5.41 Å². The molecular weight excluding hydrogens is 388 g/mol. The molecule has 8 heteroatoms. The van der Waals surface area contributed by atoms with Gasteiger partial charge in [0.15, 0.2) is 0 Å². The number of hydrogen-bond donors (Lipinski definition) is 1. The first-order chi connectivity index (χ1) is 13.7. The summed E-state index contributed by atoms with van der Waals surface area (Å²) >= 11 is 0. The molecule has 0 saturated carbocycles. The molecule has 1 aromatic heterocycles. The summed E-state index contributed by atoms with van der Waals surface area (Å²) in [5.74, 6) is 0.710. The van der Waals surface area contributed by atoms with Crippen LogP contribution < -0.4 is 10.2 Å². The summed E-state index contributed by atoms with van der Waals surface area (Å²) in [6.45, 7) is 7.74. The number of nitrogens with zero attached hydrogens (tertiary/aromatic N) is 3. The lowest BCUT2D eigenvalue weighted by Gasteiger charge is -2.23. The van der Waals surface area contributed by atoms with Crippen molar-refractivity contribution in [1.82, 2.24) is 9.29 Å². The molecule has 0 spiro atoms. The van der Waals surface area contributed by atoms with Crippen molar-refractivity contribution in [2.45, 2.75) is 32.1 Å². The van der Waals surface area contributed by atoms with E-state index in [1.165, 1.54) is 0 Å². The Morgan fingerprint density at radius 1 is 1.00 bits per heavy atom. The Morgan fingerprint density at radius 3 is 2.34 bits per heavy atom. The third kappa shape index (κ3) is 5.13. The molecule has 0 bridgehead atoms. The molecule has 0 atom stereocenters. The molecular formula is C21H28N4O3S. The minimum atomic E-state index is -3.49. The van der Waals surface area contributed by atoms with E-state index in [1.807, 2.05) is 39.0 Å². The molecule has 7 nitrogen and oxygen atoms in total. The van der Waals surface area contributed by atoms with E-state index in [9.17, 15) is 13.2 Å². The third-order valence-electron chi connectivity index (χ3n) is 4.85. The third-order valence-corrected chi connectivity index (χ3v) is 6.76. The predicted octanol–water partition coefficient (Wildman–Crippen LogP) is 2.97. The highest BCUT2D eigenvalue weighted by molar-refractivity contribution is 7.89. The van der Waals surface area contributed by atoms with Crippen LogP contribution in [0.3, 0.4) is 0 Å². The summed E-state index contributed by atoms with van der Waals surface area (Å²) in [5.41, 5.74) is 0.175. The number of aromatic nitrogens is 1. The highest BCUT2D eigenvalue weighted by Gasteiger charge is 2.27. The van der Waals surface area contributed by atoms with E-state index in [0.717, 1.165) is 18.8 Å². The van der Waals surface area contributed by atoms with Gasteiger partial charge in [-0.3, -0.25) is 4.79 Å². The number of amides is 1. The molecule has 1 saturated heterocycles. The van der Waals surface area contributed by atoms with Crippen LogP contribution in [0.1, 0.15) is 27.2 Å². The van der Waals surface area contributed by atoms with Gasteiger partial charge >= 0.3 is 0 Å². The van der Waals surface area contributed by atoms with Gasteiger partial charge in [-0.2, -0.15) is 4.31 Å². The molecule has 2 aromatic rings. The van der Waals surface area contributed by atoms with Crippen LogP contribution in [0.4, 0.5) is 11.5 Å². The Labute approximate surface area is 172 Å². The molecule has 1 fully saturated rings. The Balaban J connectivity index is 1.66. The van der Waals surface area contributed by atoms with Crippen LogP contribution in [0.5, 0.6) is 0 Å². The molecule has 1 aliphatic heterocycles. The number of benzene rings is 1. The summed E-state index contributed by atoms with van der Waals surface area (Å²) in [7, 11) is -3.49. The number of nitrogens with one attached hydrogen (secondary N) is 1. The molecule has 0 unspecified atom stereocenters. The lowest BCUT2D eigenvalue weighted by atomic mass is 9.96. The Hall–Kier alpha value is -2.45. The van der Waals surface area contributed by atoms with E-state index in [-0.39, 0.29) is 5.91 Å². The monoisotopic (exact) mass is 416 g/mol. The number of sulfonamides is 1. The molecule has 0 radical (unpaired) electrons. The maximum Gasteiger partial charge on any atom is 0.243 e. The van der Waals surface area contributed by atoms with Gasteiger partial charge in [-0.15, -0.1) is 0 Å². The number of hydrogen-bond acceptors (Lipinski definition) is 5. The van der Waals surface area contributed by atoms with Crippen molar-refractivity contribution >= 4 is 27.4 Å². The summed E-state index contributed by atoms with van der Waals surface area (Å²) in [6, 6.07) is 12.2.